The highest BCUT2D eigenvalue weighted by atomic mass is 32.2. The molecular weight excluding hydrogens is 318 g/mol. The topological polar surface area (TPSA) is 90.3 Å². The van der Waals surface area contributed by atoms with Gasteiger partial charge in [-0.05, 0) is 45.0 Å². The number of carbonyl (C=O) groups is 1. The van der Waals surface area contributed by atoms with Gasteiger partial charge in [0.15, 0.2) is 0 Å². The number of nitrogens with one attached hydrogen (secondary N) is 1. The number of aryl methyl sites for hydroxylation is 2. The van der Waals surface area contributed by atoms with Gasteiger partial charge in [-0.3, -0.25) is 9.40 Å². The highest BCUT2D eigenvalue weighted by Gasteiger charge is 2.20. The van der Waals surface area contributed by atoms with Crippen LogP contribution in [0.3, 0.4) is 0 Å². The van der Waals surface area contributed by atoms with E-state index in [-0.39, 0.29) is 11.5 Å². The van der Waals surface area contributed by atoms with Gasteiger partial charge in [-0.15, -0.1) is 0 Å². The van der Waals surface area contributed by atoms with Gasteiger partial charge in [0.25, 0.3) is 10.0 Å². The van der Waals surface area contributed by atoms with E-state index >= 15 is 0 Å². The molecule has 1 N–H and O–H groups in total. The van der Waals surface area contributed by atoms with Gasteiger partial charge in [-0.25, -0.2) is 13.2 Å². The van der Waals surface area contributed by atoms with Crippen LogP contribution in [0.5, 0.6) is 0 Å². The molecule has 2 rings (SSSR count). The van der Waals surface area contributed by atoms with E-state index in [1.165, 1.54) is 30.5 Å². The second kappa shape index (κ2) is 6.82. The molecule has 0 radical (unpaired) electrons. The Hall–Kier alpha value is -2.35. The van der Waals surface area contributed by atoms with E-state index in [1.54, 1.807) is 18.5 Å². The summed E-state index contributed by atoms with van der Waals surface area (Å²) in [6, 6.07) is 6.06. The van der Waals surface area contributed by atoms with Crippen LogP contribution in [0.4, 0.5) is 5.69 Å². The largest absolute Gasteiger partial charge is 0.462 e. The van der Waals surface area contributed by atoms with Crippen LogP contribution < -0.4 is 4.72 Å². The van der Waals surface area contributed by atoms with Crippen molar-refractivity contribution in [3.8, 4) is 0 Å². The second-order valence-corrected chi connectivity index (χ2v) is 6.49. The highest BCUT2D eigenvalue weighted by molar-refractivity contribution is 7.92. The van der Waals surface area contributed by atoms with Crippen LogP contribution in [0, 0.1) is 6.92 Å². The van der Waals surface area contributed by atoms with Crippen molar-refractivity contribution in [3.63, 3.8) is 0 Å². The third-order valence-electron chi connectivity index (χ3n) is 3.16. The lowest BCUT2D eigenvalue weighted by Crippen LogP contribution is -2.13. The highest BCUT2D eigenvalue weighted by Crippen LogP contribution is 2.19. The van der Waals surface area contributed by atoms with E-state index in [0.717, 1.165) is 0 Å². The summed E-state index contributed by atoms with van der Waals surface area (Å²) >= 11 is 0. The minimum absolute atomic E-state index is 0.133. The zero-order valence-electron chi connectivity index (χ0n) is 13.2. The van der Waals surface area contributed by atoms with Crippen molar-refractivity contribution in [2.24, 2.45) is 0 Å². The van der Waals surface area contributed by atoms with Gasteiger partial charge in [0, 0.05) is 18.4 Å². The standard InChI is InChI=1S/C15H19N3O4S/c1-4-18-10-14(11(3)16-18)23(20,21)17-13-8-6-12(7-9-13)15(19)22-5-2/h6-10,17H,4-5H2,1-3H3. The molecule has 0 atom stereocenters. The van der Waals surface area contributed by atoms with Gasteiger partial charge in [-0.1, -0.05) is 0 Å². The van der Waals surface area contributed by atoms with Crippen LogP contribution in [0.15, 0.2) is 35.4 Å². The molecule has 0 saturated heterocycles. The molecule has 8 heteroatoms. The average Bonchev–Trinajstić information content (AvgIpc) is 2.90. The summed E-state index contributed by atoms with van der Waals surface area (Å²) in [5.74, 6) is -0.443. The zero-order valence-corrected chi connectivity index (χ0v) is 14.1. The summed E-state index contributed by atoms with van der Waals surface area (Å²) in [5.41, 5.74) is 1.16. The van der Waals surface area contributed by atoms with Crippen LogP contribution in [0.2, 0.25) is 0 Å². The van der Waals surface area contributed by atoms with E-state index in [4.69, 9.17) is 4.74 Å². The number of esters is 1. The molecule has 0 bridgehead atoms. The summed E-state index contributed by atoms with van der Waals surface area (Å²) in [5, 5.41) is 4.13. The summed E-state index contributed by atoms with van der Waals surface area (Å²) < 4.78 is 33.8. The Balaban J connectivity index is 2.20. The van der Waals surface area contributed by atoms with Gasteiger partial charge in [0.05, 0.1) is 17.9 Å². The van der Waals surface area contributed by atoms with E-state index in [0.29, 0.717) is 23.5 Å². The number of carbonyl (C=O) groups excluding carboxylic acids is 1. The van der Waals surface area contributed by atoms with Gasteiger partial charge in [-0.2, -0.15) is 5.10 Å². The number of benzene rings is 1. The number of hydrogen-bond acceptors (Lipinski definition) is 5. The lowest BCUT2D eigenvalue weighted by Gasteiger charge is -2.08. The number of sulfonamides is 1. The quantitative estimate of drug-likeness (QED) is 0.816. The molecule has 1 aromatic carbocycles. The van der Waals surface area contributed by atoms with Crippen molar-refractivity contribution in [2.45, 2.75) is 32.2 Å². The van der Waals surface area contributed by atoms with Gasteiger partial charge in [0.1, 0.15) is 4.90 Å². The molecule has 2 aromatic rings. The maximum absolute atomic E-state index is 12.4. The van der Waals surface area contributed by atoms with Gasteiger partial charge in [0.2, 0.25) is 0 Å². The van der Waals surface area contributed by atoms with Crippen LogP contribution in [-0.4, -0.2) is 30.8 Å². The Kier molecular flexibility index (Phi) is 5.05. The molecule has 0 aliphatic heterocycles. The molecule has 7 nitrogen and oxygen atoms in total. The average molecular weight is 337 g/mol. The second-order valence-electron chi connectivity index (χ2n) is 4.84. The number of anilines is 1. The maximum atomic E-state index is 12.4. The molecule has 23 heavy (non-hydrogen) atoms. The van der Waals surface area contributed by atoms with Crippen LogP contribution in [-0.2, 0) is 21.3 Å². The molecule has 0 fully saturated rings. The molecule has 1 heterocycles. The first-order valence-electron chi connectivity index (χ1n) is 7.21. The smallest absolute Gasteiger partial charge is 0.338 e. The van der Waals surface area contributed by atoms with Crippen LogP contribution in [0.25, 0.3) is 0 Å². The van der Waals surface area contributed by atoms with Gasteiger partial charge >= 0.3 is 5.97 Å². The van der Waals surface area contributed by atoms with E-state index < -0.39 is 16.0 Å². The lowest BCUT2D eigenvalue weighted by atomic mass is 10.2. The Labute approximate surface area is 135 Å². The van der Waals surface area contributed by atoms with Crippen molar-refractivity contribution in [1.82, 2.24) is 9.78 Å². The fourth-order valence-electron chi connectivity index (χ4n) is 2.02. The van der Waals surface area contributed by atoms with E-state index in [2.05, 4.69) is 9.82 Å². The van der Waals surface area contributed by atoms with Crippen molar-refractivity contribution in [2.75, 3.05) is 11.3 Å². The summed E-state index contributed by atoms with van der Waals surface area (Å²) in [6.45, 7) is 6.12. The first kappa shape index (κ1) is 17.0. The number of rotatable bonds is 6. The van der Waals surface area contributed by atoms with Crippen LogP contribution in [0.1, 0.15) is 29.9 Å². The molecule has 0 spiro atoms. The number of ether oxygens (including phenoxy) is 1. The molecule has 0 saturated carbocycles. The predicted octanol–water partition coefficient (Wildman–Crippen LogP) is 2.19. The van der Waals surface area contributed by atoms with Crippen molar-refractivity contribution >= 4 is 21.7 Å². The number of nitrogens with zero attached hydrogens (tertiary/aromatic N) is 2. The summed E-state index contributed by atoms with van der Waals surface area (Å²) in [6.07, 6.45) is 1.49. The molecule has 0 aliphatic carbocycles. The fraction of sp³-hybridized carbons (Fsp3) is 0.333. The lowest BCUT2D eigenvalue weighted by molar-refractivity contribution is 0.0526. The third kappa shape index (κ3) is 3.89. The van der Waals surface area contributed by atoms with Crippen LogP contribution >= 0.6 is 0 Å². The molecule has 1 aromatic heterocycles. The Bertz CT molecular complexity index is 795. The molecular formula is C15H19N3O4S. The third-order valence-corrected chi connectivity index (χ3v) is 4.65. The molecule has 0 amide bonds. The fourth-order valence-corrected chi connectivity index (χ4v) is 3.27. The summed E-state index contributed by atoms with van der Waals surface area (Å²) in [7, 11) is -3.73. The first-order chi connectivity index (χ1) is 10.9. The Morgan fingerprint density at radius 1 is 1.26 bits per heavy atom. The minimum atomic E-state index is -3.73. The van der Waals surface area contributed by atoms with Crippen molar-refractivity contribution in [1.29, 1.82) is 0 Å². The van der Waals surface area contributed by atoms with Gasteiger partial charge < -0.3 is 4.74 Å². The molecule has 0 unspecified atom stereocenters. The van der Waals surface area contributed by atoms with Crippen molar-refractivity contribution < 1.29 is 17.9 Å². The van der Waals surface area contributed by atoms with E-state index in [1.807, 2.05) is 6.92 Å². The maximum Gasteiger partial charge on any atom is 0.338 e. The first-order valence-corrected chi connectivity index (χ1v) is 8.69. The number of hydrogen-bond donors (Lipinski definition) is 1. The predicted molar refractivity (Wildman–Crippen MR) is 85.8 cm³/mol. The van der Waals surface area contributed by atoms with E-state index in [9.17, 15) is 13.2 Å². The number of aromatic nitrogens is 2. The SMILES string of the molecule is CCOC(=O)c1ccc(NS(=O)(=O)c2cn(CC)nc2C)cc1. The normalized spacial score (nSPS) is 11.3. The Morgan fingerprint density at radius 2 is 1.91 bits per heavy atom. The summed E-state index contributed by atoms with van der Waals surface area (Å²) in [4.78, 5) is 11.7. The zero-order chi connectivity index (χ0) is 17.0. The Morgan fingerprint density at radius 3 is 2.43 bits per heavy atom. The minimum Gasteiger partial charge on any atom is -0.462 e. The van der Waals surface area contributed by atoms with Crippen molar-refractivity contribution in [3.05, 3.63) is 41.7 Å². The molecule has 0 aliphatic rings. The molecule has 124 valence electrons. The monoisotopic (exact) mass is 337 g/mol.